The topological polar surface area (TPSA) is 57.8 Å². The molecular weight excluding hydrogens is 297 g/mol. The normalized spacial score (nSPS) is 25.4. The summed E-state index contributed by atoms with van der Waals surface area (Å²) in [7, 11) is 0. The highest BCUT2D eigenvalue weighted by Crippen LogP contribution is 2.63. The number of alkyl halides is 2. The quantitative estimate of drug-likeness (QED) is 0.854. The molecule has 1 amide bonds. The highest BCUT2D eigenvalue weighted by molar-refractivity contribution is 6.53. The predicted octanol–water partition coefficient (Wildman–Crippen LogP) is 3.32. The van der Waals surface area contributed by atoms with Gasteiger partial charge in [0.25, 0.3) is 0 Å². The molecule has 2 aromatic rings. The number of rotatable bonds is 3. The van der Waals surface area contributed by atoms with Crippen LogP contribution >= 0.6 is 23.2 Å². The Morgan fingerprint density at radius 1 is 1.45 bits per heavy atom. The van der Waals surface area contributed by atoms with E-state index in [0.717, 1.165) is 16.9 Å². The summed E-state index contributed by atoms with van der Waals surface area (Å²) in [5, 5.41) is 2.91. The van der Waals surface area contributed by atoms with E-state index in [1.54, 1.807) is 6.92 Å². The van der Waals surface area contributed by atoms with Crippen LogP contribution in [0.25, 0.3) is 11.0 Å². The van der Waals surface area contributed by atoms with Crippen LogP contribution in [0.15, 0.2) is 24.3 Å². The van der Waals surface area contributed by atoms with Gasteiger partial charge in [-0.25, -0.2) is 4.98 Å². The van der Waals surface area contributed by atoms with Crippen molar-refractivity contribution in [3.63, 3.8) is 0 Å². The van der Waals surface area contributed by atoms with Crippen LogP contribution in [0.2, 0.25) is 0 Å². The Labute approximate surface area is 126 Å². The third kappa shape index (κ3) is 2.07. The lowest BCUT2D eigenvalue weighted by molar-refractivity contribution is -0.126. The Bertz CT molecular complexity index is 649. The number of H-pyrrole nitrogens is 1. The second-order valence-electron chi connectivity index (χ2n) is 5.55. The van der Waals surface area contributed by atoms with Crippen LogP contribution in [-0.4, -0.2) is 20.2 Å². The predicted molar refractivity (Wildman–Crippen MR) is 79.8 cm³/mol. The number of carbonyl (C=O) groups is 1. The number of fused-ring (bicyclic) bond motifs is 1. The molecule has 1 aliphatic carbocycles. The van der Waals surface area contributed by atoms with Crippen LogP contribution in [0.1, 0.15) is 32.1 Å². The highest BCUT2D eigenvalue weighted by Gasteiger charge is 2.68. The van der Waals surface area contributed by atoms with Crippen molar-refractivity contribution in [2.24, 2.45) is 5.41 Å². The summed E-state index contributed by atoms with van der Waals surface area (Å²) in [4.78, 5) is 19.9. The summed E-state index contributed by atoms with van der Waals surface area (Å²) >= 11 is 12.0. The zero-order valence-corrected chi connectivity index (χ0v) is 12.7. The molecule has 20 heavy (non-hydrogen) atoms. The smallest absolute Gasteiger partial charge is 0.229 e. The van der Waals surface area contributed by atoms with Gasteiger partial charge in [0.05, 0.1) is 22.5 Å². The van der Waals surface area contributed by atoms with Gasteiger partial charge in [-0.15, -0.1) is 23.2 Å². The number of nitrogens with zero attached hydrogens (tertiary/aromatic N) is 1. The molecule has 0 unspecified atom stereocenters. The van der Waals surface area contributed by atoms with Crippen LogP contribution in [0, 0.1) is 5.41 Å². The van der Waals surface area contributed by atoms with Crippen molar-refractivity contribution in [2.75, 3.05) is 0 Å². The van der Waals surface area contributed by atoms with Crippen molar-refractivity contribution in [2.45, 2.75) is 30.6 Å². The minimum Gasteiger partial charge on any atom is -0.346 e. The first kappa shape index (κ1) is 13.7. The van der Waals surface area contributed by atoms with Crippen LogP contribution in [0.4, 0.5) is 0 Å². The van der Waals surface area contributed by atoms with E-state index < -0.39 is 9.75 Å². The number of amides is 1. The average Bonchev–Trinajstić information content (AvgIpc) is 2.76. The third-order valence-corrected chi connectivity index (χ3v) is 5.03. The maximum atomic E-state index is 12.2. The molecule has 0 aliphatic heterocycles. The lowest BCUT2D eigenvalue weighted by Crippen LogP contribution is -2.35. The lowest BCUT2D eigenvalue weighted by Gasteiger charge is -2.16. The molecule has 106 valence electrons. The SMILES string of the molecule is C[C@H](NC(=O)[C@]1(C)CC1(Cl)Cl)c1nc2ccccc2[nH]1. The second-order valence-corrected chi connectivity index (χ2v) is 7.03. The molecule has 6 heteroatoms. The number of halogens is 2. The first-order valence-corrected chi connectivity index (χ1v) is 7.22. The maximum Gasteiger partial charge on any atom is 0.229 e. The fourth-order valence-corrected chi connectivity index (χ4v) is 2.95. The number of carbonyl (C=O) groups excluding carboxylic acids is 1. The van der Waals surface area contributed by atoms with E-state index in [4.69, 9.17) is 23.2 Å². The van der Waals surface area contributed by atoms with E-state index in [9.17, 15) is 4.79 Å². The Morgan fingerprint density at radius 3 is 2.70 bits per heavy atom. The lowest BCUT2D eigenvalue weighted by atomic mass is 10.1. The van der Waals surface area contributed by atoms with Crippen molar-refractivity contribution in [1.29, 1.82) is 0 Å². The summed E-state index contributed by atoms with van der Waals surface area (Å²) in [6.45, 7) is 3.65. The van der Waals surface area contributed by atoms with Crippen LogP contribution < -0.4 is 5.32 Å². The zero-order chi connectivity index (χ0) is 14.5. The average molecular weight is 312 g/mol. The molecule has 2 atom stereocenters. The molecule has 1 heterocycles. The molecule has 0 bridgehead atoms. The van der Waals surface area contributed by atoms with E-state index in [1.165, 1.54) is 0 Å². The number of aromatic nitrogens is 2. The number of aromatic amines is 1. The van der Waals surface area contributed by atoms with Crippen molar-refractivity contribution < 1.29 is 4.79 Å². The minimum atomic E-state index is -0.954. The van der Waals surface area contributed by atoms with Crippen molar-refractivity contribution in [3.05, 3.63) is 30.1 Å². The molecule has 3 rings (SSSR count). The Hall–Kier alpha value is -1.26. The number of benzene rings is 1. The fraction of sp³-hybridized carbons (Fsp3) is 0.429. The molecule has 1 aromatic carbocycles. The zero-order valence-electron chi connectivity index (χ0n) is 11.2. The van der Waals surface area contributed by atoms with Gasteiger partial charge in [0, 0.05) is 0 Å². The van der Waals surface area contributed by atoms with Gasteiger partial charge in [-0.2, -0.15) is 0 Å². The van der Waals surface area contributed by atoms with E-state index in [0.29, 0.717) is 6.42 Å². The summed E-state index contributed by atoms with van der Waals surface area (Å²) < 4.78 is -0.954. The van der Waals surface area contributed by atoms with Gasteiger partial charge in [-0.1, -0.05) is 12.1 Å². The number of imidazole rings is 1. The molecule has 0 radical (unpaired) electrons. The van der Waals surface area contributed by atoms with E-state index in [2.05, 4.69) is 15.3 Å². The molecule has 1 aromatic heterocycles. The summed E-state index contributed by atoms with van der Waals surface area (Å²) in [6, 6.07) is 7.52. The van der Waals surface area contributed by atoms with Crippen LogP contribution in [0.5, 0.6) is 0 Å². The summed E-state index contributed by atoms with van der Waals surface area (Å²) in [5.41, 5.74) is 1.12. The van der Waals surface area contributed by atoms with Crippen molar-refractivity contribution in [3.8, 4) is 0 Å². The molecule has 0 saturated heterocycles. The largest absolute Gasteiger partial charge is 0.346 e. The molecular formula is C14H15Cl2N3O. The summed E-state index contributed by atoms with van der Waals surface area (Å²) in [5.74, 6) is 0.578. The number of hydrogen-bond donors (Lipinski definition) is 2. The third-order valence-electron chi connectivity index (χ3n) is 3.92. The Kier molecular flexibility index (Phi) is 2.99. The highest BCUT2D eigenvalue weighted by atomic mass is 35.5. The number of hydrogen-bond acceptors (Lipinski definition) is 2. The number of nitrogens with one attached hydrogen (secondary N) is 2. The Morgan fingerprint density at radius 2 is 2.10 bits per heavy atom. The van der Waals surface area contributed by atoms with Gasteiger partial charge in [0.15, 0.2) is 0 Å². The maximum absolute atomic E-state index is 12.2. The van der Waals surface area contributed by atoms with Crippen molar-refractivity contribution >= 4 is 40.1 Å². The van der Waals surface area contributed by atoms with E-state index >= 15 is 0 Å². The van der Waals surface area contributed by atoms with Gasteiger partial charge >= 0.3 is 0 Å². The van der Waals surface area contributed by atoms with E-state index in [-0.39, 0.29) is 11.9 Å². The first-order valence-electron chi connectivity index (χ1n) is 6.47. The van der Waals surface area contributed by atoms with Gasteiger partial charge in [0.1, 0.15) is 10.2 Å². The molecule has 1 aliphatic rings. The molecule has 4 nitrogen and oxygen atoms in total. The van der Waals surface area contributed by atoms with Crippen LogP contribution in [0.3, 0.4) is 0 Å². The van der Waals surface area contributed by atoms with Gasteiger partial charge in [-0.05, 0) is 32.4 Å². The minimum absolute atomic E-state index is 0.143. The van der Waals surface area contributed by atoms with Gasteiger partial charge in [-0.3, -0.25) is 4.79 Å². The Balaban J connectivity index is 1.76. The fourth-order valence-electron chi connectivity index (χ4n) is 2.25. The van der Waals surface area contributed by atoms with Gasteiger partial charge in [0.2, 0.25) is 5.91 Å². The molecule has 1 fully saturated rings. The number of para-hydroxylation sites is 2. The molecule has 1 saturated carbocycles. The monoisotopic (exact) mass is 311 g/mol. The van der Waals surface area contributed by atoms with Crippen molar-refractivity contribution in [1.82, 2.24) is 15.3 Å². The molecule has 2 N–H and O–H groups in total. The summed E-state index contributed by atoms with van der Waals surface area (Å²) in [6.07, 6.45) is 0.474. The second kappa shape index (κ2) is 4.37. The first-order chi connectivity index (χ1) is 9.33. The van der Waals surface area contributed by atoms with Gasteiger partial charge < -0.3 is 10.3 Å². The van der Waals surface area contributed by atoms with Crippen LogP contribution in [-0.2, 0) is 4.79 Å². The molecule has 0 spiro atoms. The van der Waals surface area contributed by atoms with E-state index in [1.807, 2.05) is 31.2 Å². The standard InChI is InChI=1S/C14H15Cl2N3O/c1-8(17-12(20)13(2)7-14(13,15)16)11-18-9-5-3-4-6-10(9)19-11/h3-6,8H,7H2,1-2H3,(H,17,20)(H,18,19)/t8-,13-/m0/s1.